The molecule has 0 saturated carbocycles. The zero-order valence-corrected chi connectivity index (χ0v) is 10.2. The predicted molar refractivity (Wildman–Crippen MR) is 64.0 cm³/mol. The van der Waals surface area contributed by atoms with E-state index in [0.29, 0.717) is 18.7 Å². The molecule has 2 N–H and O–H groups in total. The average molecular weight is 237 g/mol. The molecule has 1 amide bonds. The van der Waals surface area contributed by atoms with Crippen LogP contribution in [0.25, 0.3) is 0 Å². The Hall–Kier alpha value is -1.38. The van der Waals surface area contributed by atoms with Crippen LogP contribution in [0.1, 0.15) is 24.3 Å². The second-order valence-corrected chi connectivity index (χ2v) is 4.41. The molecule has 4 nitrogen and oxygen atoms in total. The van der Waals surface area contributed by atoms with Gasteiger partial charge in [-0.15, -0.1) is 11.3 Å². The van der Waals surface area contributed by atoms with E-state index in [4.69, 9.17) is 5.26 Å². The number of hydrogen-bond acceptors (Lipinski definition) is 4. The quantitative estimate of drug-likeness (QED) is 0.809. The van der Waals surface area contributed by atoms with E-state index in [0.717, 1.165) is 4.88 Å². The zero-order valence-electron chi connectivity index (χ0n) is 9.41. The minimum absolute atomic E-state index is 0.000405. The molecular formula is C11H15N3OS. The molecule has 0 spiro atoms. The lowest BCUT2D eigenvalue weighted by molar-refractivity contribution is -0.122. The fourth-order valence-corrected chi connectivity index (χ4v) is 1.97. The van der Waals surface area contributed by atoms with Gasteiger partial charge >= 0.3 is 0 Å². The summed E-state index contributed by atoms with van der Waals surface area (Å²) in [7, 11) is 0. The van der Waals surface area contributed by atoms with E-state index in [1.54, 1.807) is 0 Å². The third-order valence-electron chi connectivity index (χ3n) is 2.11. The summed E-state index contributed by atoms with van der Waals surface area (Å²) >= 11 is 1.52. The molecule has 1 rings (SSSR count). The third kappa shape index (κ3) is 3.65. The number of nitrogens with zero attached hydrogens (tertiary/aromatic N) is 1. The molecule has 1 aromatic heterocycles. The molecule has 1 atom stereocenters. The number of nitriles is 1. The van der Waals surface area contributed by atoms with Crippen molar-refractivity contribution in [2.24, 2.45) is 0 Å². The van der Waals surface area contributed by atoms with Gasteiger partial charge in [0.15, 0.2) is 0 Å². The highest BCUT2D eigenvalue weighted by atomic mass is 32.1. The van der Waals surface area contributed by atoms with Gasteiger partial charge in [-0.2, -0.15) is 5.26 Å². The van der Waals surface area contributed by atoms with Crippen LogP contribution < -0.4 is 10.6 Å². The molecule has 16 heavy (non-hydrogen) atoms. The van der Waals surface area contributed by atoms with Crippen LogP contribution in [0, 0.1) is 11.3 Å². The molecule has 1 unspecified atom stereocenters. The van der Waals surface area contributed by atoms with Crippen LogP contribution in [0.3, 0.4) is 0 Å². The Labute approximate surface area is 99.3 Å². The van der Waals surface area contributed by atoms with E-state index in [-0.39, 0.29) is 11.9 Å². The molecular weight excluding hydrogens is 222 g/mol. The Morgan fingerprint density at radius 2 is 2.44 bits per heavy atom. The van der Waals surface area contributed by atoms with Crippen LogP contribution in [-0.4, -0.2) is 18.5 Å². The third-order valence-corrected chi connectivity index (χ3v) is 3.05. The summed E-state index contributed by atoms with van der Waals surface area (Å²) in [4.78, 5) is 12.5. The van der Waals surface area contributed by atoms with Gasteiger partial charge in [0.05, 0.1) is 11.6 Å². The largest absolute Gasteiger partial charge is 0.355 e. The lowest BCUT2D eigenvalue weighted by atomic mass is 10.3. The minimum Gasteiger partial charge on any atom is -0.355 e. The first-order valence-electron chi connectivity index (χ1n) is 5.16. The fourth-order valence-electron chi connectivity index (χ4n) is 1.21. The summed E-state index contributed by atoms with van der Waals surface area (Å²) in [6.07, 6.45) is 0. The Bertz CT molecular complexity index is 394. The number of hydrogen-bond donors (Lipinski definition) is 2. The minimum atomic E-state index is -0.215. The van der Waals surface area contributed by atoms with Crippen LogP contribution in [0.4, 0.5) is 0 Å². The molecule has 0 aliphatic rings. The maximum atomic E-state index is 11.4. The molecule has 0 aliphatic heterocycles. The Kier molecular flexibility index (Phi) is 4.96. The second-order valence-electron chi connectivity index (χ2n) is 3.41. The van der Waals surface area contributed by atoms with E-state index in [1.165, 1.54) is 11.3 Å². The van der Waals surface area contributed by atoms with Crippen LogP contribution in [0.5, 0.6) is 0 Å². The zero-order chi connectivity index (χ0) is 12.0. The Morgan fingerprint density at radius 1 is 1.69 bits per heavy atom. The standard InChI is InChI=1S/C11H15N3OS/c1-3-13-11(15)8(2)14-6-10-4-9(5-12)7-16-10/h4,7-8,14H,3,6H2,1-2H3,(H,13,15). The van der Waals surface area contributed by atoms with Crippen molar-refractivity contribution in [1.29, 1.82) is 5.26 Å². The van der Waals surface area contributed by atoms with Crippen molar-refractivity contribution in [2.45, 2.75) is 26.4 Å². The van der Waals surface area contributed by atoms with Gasteiger partial charge in [0.1, 0.15) is 6.07 Å². The highest BCUT2D eigenvalue weighted by molar-refractivity contribution is 7.10. The van der Waals surface area contributed by atoms with E-state index in [1.807, 2.05) is 25.3 Å². The molecule has 0 aliphatic carbocycles. The van der Waals surface area contributed by atoms with E-state index < -0.39 is 0 Å². The summed E-state index contributed by atoms with van der Waals surface area (Å²) in [5.74, 6) is -0.000405. The van der Waals surface area contributed by atoms with Crippen molar-refractivity contribution < 1.29 is 4.79 Å². The number of thiophene rings is 1. The molecule has 5 heteroatoms. The van der Waals surface area contributed by atoms with Crippen LogP contribution in [0.15, 0.2) is 11.4 Å². The summed E-state index contributed by atoms with van der Waals surface area (Å²) in [5.41, 5.74) is 0.674. The van der Waals surface area contributed by atoms with Gasteiger partial charge in [-0.25, -0.2) is 0 Å². The van der Waals surface area contributed by atoms with Crippen molar-refractivity contribution in [2.75, 3.05) is 6.54 Å². The maximum Gasteiger partial charge on any atom is 0.236 e. The first-order valence-corrected chi connectivity index (χ1v) is 6.04. The lowest BCUT2D eigenvalue weighted by Gasteiger charge is -2.12. The molecule has 0 fully saturated rings. The van der Waals surface area contributed by atoms with Gasteiger partial charge in [0.25, 0.3) is 0 Å². The first-order chi connectivity index (χ1) is 7.67. The topological polar surface area (TPSA) is 64.9 Å². The van der Waals surface area contributed by atoms with Crippen molar-refractivity contribution in [3.63, 3.8) is 0 Å². The highest BCUT2D eigenvalue weighted by Crippen LogP contribution is 2.13. The van der Waals surface area contributed by atoms with E-state index >= 15 is 0 Å². The van der Waals surface area contributed by atoms with Crippen LogP contribution >= 0.6 is 11.3 Å². The molecule has 1 aromatic rings. The average Bonchev–Trinajstić information content (AvgIpc) is 2.74. The Morgan fingerprint density at radius 3 is 3.00 bits per heavy atom. The molecule has 0 saturated heterocycles. The van der Waals surface area contributed by atoms with Crippen molar-refractivity contribution in [1.82, 2.24) is 10.6 Å². The van der Waals surface area contributed by atoms with Crippen molar-refractivity contribution in [3.8, 4) is 6.07 Å². The number of carbonyl (C=O) groups is 1. The van der Waals surface area contributed by atoms with E-state index in [2.05, 4.69) is 16.7 Å². The molecule has 0 aromatic carbocycles. The maximum absolute atomic E-state index is 11.4. The molecule has 0 radical (unpaired) electrons. The number of amides is 1. The number of nitrogens with one attached hydrogen (secondary N) is 2. The smallest absolute Gasteiger partial charge is 0.236 e. The van der Waals surface area contributed by atoms with Gasteiger partial charge in [-0.05, 0) is 19.9 Å². The highest BCUT2D eigenvalue weighted by Gasteiger charge is 2.10. The first kappa shape index (κ1) is 12.7. The SMILES string of the molecule is CCNC(=O)C(C)NCc1cc(C#N)cs1. The van der Waals surface area contributed by atoms with Crippen molar-refractivity contribution >= 4 is 17.2 Å². The number of rotatable bonds is 5. The van der Waals surface area contributed by atoms with Gasteiger partial charge in [0.2, 0.25) is 5.91 Å². The summed E-state index contributed by atoms with van der Waals surface area (Å²) in [6.45, 7) is 4.97. The predicted octanol–water partition coefficient (Wildman–Crippen LogP) is 1.23. The van der Waals surface area contributed by atoms with Gasteiger partial charge in [0, 0.05) is 23.3 Å². The monoisotopic (exact) mass is 237 g/mol. The van der Waals surface area contributed by atoms with Gasteiger partial charge in [-0.3, -0.25) is 4.79 Å². The molecule has 0 bridgehead atoms. The summed E-state index contributed by atoms with van der Waals surface area (Å²) in [5, 5.41) is 16.3. The second kappa shape index (κ2) is 6.26. The van der Waals surface area contributed by atoms with Gasteiger partial charge in [-0.1, -0.05) is 0 Å². The fraction of sp³-hybridized carbons (Fsp3) is 0.455. The van der Waals surface area contributed by atoms with Crippen molar-refractivity contribution in [3.05, 3.63) is 21.9 Å². The molecule has 86 valence electrons. The van der Waals surface area contributed by atoms with Crippen LogP contribution in [0.2, 0.25) is 0 Å². The summed E-state index contributed by atoms with van der Waals surface area (Å²) in [6, 6.07) is 3.70. The van der Waals surface area contributed by atoms with E-state index in [9.17, 15) is 4.79 Å². The summed E-state index contributed by atoms with van der Waals surface area (Å²) < 4.78 is 0. The molecule has 1 heterocycles. The number of carbonyl (C=O) groups excluding carboxylic acids is 1. The Balaban J connectivity index is 2.40. The van der Waals surface area contributed by atoms with Gasteiger partial charge < -0.3 is 10.6 Å². The van der Waals surface area contributed by atoms with Crippen LogP contribution in [-0.2, 0) is 11.3 Å². The number of likely N-dealkylation sites (N-methyl/N-ethyl adjacent to an activating group) is 1. The lowest BCUT2D eigenvalue weighted by Crippen LogP contribution is -2.41. The normalized spacial score (nSPS) is 11.8.